The Balaban J connectivity index is 1.76. The van der Waals surface area contributed by atoms with Crippen molar-refractivity contribution in [1.82, 2.24) is 0 Å². The lowest BCUT2D eigenvalue weighted by Crippen LogP contribution is -2.23. The van der Waals surface area contributed by atoms with Crippen molar-refractivity contribution < 1.29 is 22.7 Å². The zero-order valence-corrected chi connectivity index (χ0v) is 15.0. The van der Waals surface area contributed by atoms with Crippen LogP contribution in [0.2, 0.25) is 0 Å². The average Bonchev–Trinajstić information content (AvgIpc) is 3.00. The zero-order chi connectivity index (χ0) is 18.7. The Morgan fingerprint density at radius 1 is 1.15 bits per heavy atom. The number of ether oxygens (including phenoxy) is 1. The number of hydrogen-bond donors (Lipinski definition) is 1. The monoisotopic (exact) mass is 374 g/mol. The fourth-order valence-corrected chi connectivity index (χ4v) is 3.28. The molecule has 0 atom stereocenters. The van der Waals surface area contributed by atoms with Gasteiger partial charge in [0.15, 0.2) is 0 Å². The van der Waals surface area contributed by atoms with Gasteiger partial charge in [-0.2, -0.15) is 0 Å². The maximum atomic E-state index is 12.3. The molecule has 0 radical (unpaired) electrons. The van der Waals surface area contributed by atoms with Gasteiger partial charge in [-0.05, 0) is 36.8 Å². The molecule has 1 aliphatic heterocycles. The van der Waals surface area contributed by atoms with Gasteiger partial charge >= 0.3 is 5.97 Å². The molecule has 2 aromatic rings. The van der Waals surface area contributed by atoms with Crippen LogP contribution >= 0.6 is 0 Å². The van der Waals surface area contributed by atoms with Crippen molar-refractivity contribution >= 4 is 33.3 Å². The number of rotatable bonds is 5. The molecule has 0 aromatic heterocycles. The third kappa shape index (κ3) is 4.40. The molecule has 136 valence electrons. The summed E-state index contributed by atoms with van der Waals surface area (Å²) in [6.45, 7) is 0.648. The van der Waals surface area contributed by atoms with Crippen molar-refractivity contribution in [2.45, 2.75) is 12.8 Å². The molecule has 0 bridgehead atoms. The molecule has 1 heterocycles. The van der Waals surface area contributed by atoms with E-state index in [-0.39, 0.29) is 17.2 Å². The van der Waals surface area contributed by atoms with Crippen molar-refractivity contribution in [2.75, 3.05) is 22.4 Å². The molecule has 1 fully saturated rings. The molecule has 0 aliphatic carbocycles. The summed E-state index contributed by atoms with van der Waals surface area (Å²) in [5, 5.41) is 0. The fourth-order valence-electron chi connectivity index (χ4n) is 2.73. The van der Waals surface area contributed by atoms with Crippen LogP contribution in [0.3, 0.4) is 0 Å². The van der Waals surface area contributed by atoms with E-state index in [1.807, 2.05) is 0 Å². The Hall–Kier alpha value is -2.87. The second kappa shape index (κ2) is 7.17. The largest absolute Gasteiger partial charge is 0.423 e. The highest BCUT2D eigenvalue weighted by Gasteiger charge is 2.22. The minimum atomic E-state index is -3.44. The maximum Gasteiger partial charge on any atom is 0.343 e. The highest BCUT2D eigenvalue weighted by molar-refractivity contribution is 7.92. The van der Waals surface area contributed by atoms with E-state index in [2.05, 4.69) is 4.72 Å². The average molecular weight is 374 g/mol. The van der Waals surface area contributed by atoms with Crippen LogP contribution in [0.25, 0.3) is 0 Å². The molecular weight excluding hydrogens is 356 g/mol. The van der Waals surface area contributed by atoms with Crippen molar-refractivity contribution in [1.29, 1.82) is 0 Å². The van der Waals surface area contributed by atoms with Gasteiger partial charge in [-0.25, -0.2) is 13.2 Å². The number of hydrogen-bond acceptors (Lipinski definition) is 5. The third-order valence-electron chi connectivity index (χ3n) is 3.81. The number of anilines is 2. The Kier molecular flexibility index (Phi) is 4.94. The molecule has 0 unspecified atom stereocenters. The molecule has 3 rings (SSSR count). The fraction of sp³-hybridized carbons (Fsp3) is 0.222. The summed E-state index contributed by atoms with van der Waals surface area (Å²) in [4.78, 5) is 25.9. The first-order chi connectivity index (χ1) is 12.3. The van der Waals surface area contributed by atoms with E-state index in [4.69, 9.17) is 4.74 Å². The van der Waals surface area contributed by atoms with E-state index >= 15 is 0 Å². The number of sulfonamides is 1. The Morgan fingerprint density at radius 2 is 1.92 bits per heavy atom. The molecule has 7 nitrogen and oxygen atoms in total. The number of benzene rings is 2. The normalized spacial score (nSPS) is 14.3. The van der Waals surface area contributed by atoms with Crippen molar-refractivity contribution in [3.63, 3.8) is 0 Å². The van der Waals surface area contributed by atoms with E-state index in [0.717, 1.165) is 12.7 Å². The van der Waals surface area contributed by atoms with E-state index in [1.165, 1.54) is 18.2 Å². The number of esters is 1. The van der Waals surface area contributed by atoms with E-state index in [9.17, 15) is 18.0 Å². The van der Waals surface area contributed by atoms with E-state index in [0.29, 0.717) is 24.4 Å². The number of nitrogens with one attached hydrogen (secondary N) is 1. The maximum absolute atomic E-state index is 12.3. The first-order valence-electron chi connectivity index (χ1n) is 8.02. The van der Waals surface area contributed by atoms with Crippen LogP contribution in [0, 0.1) is 0 Å². The van der Waals surface area contributed by atoms with Gasteiger partial charge in [-0.3, -0.25) is 9.52 Å². The molecule has 1 aliphatic rings. The highest BCUT2D eigenvalue weighted by atomic mass is 32.2. The molecule has 1 N–H and O–H groups in total. The second-order valence-electron chi connectivity index (χ2n) is 5.99. The van der Waals surface area contributed by atoms with Gasteiger partial charge in [-0.1, -0.05) is 12.1 Å². The van der Waals surface area contributed by atoms with E-state index < -0.39 is 16.0 Å². The summed E-state index contributed by atoms with van der Waals surface area (Å²) < 4.78 is 30.3. The van der Waals surface area contributed by atoms with Crippen molar-refractivity contribution in [3.05, 3.63) is 54.1 Å². The first-order valence-corrected chi connectivity index (χ1v) is 9.91. The summed E-state index contributed by atoms with van der Waals surface area (Å²) in [7, 11) is -3.44. The predicted molar refractivity (Wildman–Crippen MR) is 97.9 cm³/mol. The van der Waals surface area contributed by atoms with Crippen LogP contribution in [0.5, 0.6) is 5.75 Å². The number of carbonyl (C=O) groups excluding carboxylic acids is 2. The molecule has 8 heteroatoms. The Bertz CT molecular complexity index is 956. The summed E-state index contributed by atoms with van der Waals surface area (Å²) in [5.41, 5.74) is 1.17. The number of nitrogens with zero attached hydrogens (tertiary/aromatic N) is 1. The van der Waals surface area contributed by atoms with Crippen molar-refractivity contribution in [2.24, 2.45) is 0 Å². The zero-order valence-electron chi connectivity index (χ0n) is 14.1. The third-order valence-corrected chi connectivity index (χ3v) is 4.42. The molecule has 26 heavy (non-hydrogen) atoms. The lowest BCUT2D eigenvalue weighted by molar-refractivity contribution is -0.117. The van der Waals surface area contributed by atoms with Crippen molar-refractivity contribution in [3.8, 4) is 5.75 Å². The topological polar surface area (TPSA) is 92.8 Å². The highest BCUT2D eigenvalue weighted by Crippen LogP contribution is 2.26. The van der Waals surface area contributed by atoms with Gasteiger partial charge in [0.2, 0.25) is 15.9 Å². The summed E-state index contributed by atoms with van der Waals surface area (Å²) in [6.07, 6.45) is 2.36. The molecule has 2 aromatic carbocycles. The SMILES string of the molecule is CS(=O)(=O)Nc1cccc(C(=O)Oc2cccc(N3CCCC3=O)c2)c1. The second-order valence-corrected chi connectivity index (χ2v) is 7.74. The minimum Gasteiger partial charge on any atom is -0.423 e. The minimum absolute atomic E-state index is 0.0491. The van der Waals surface area contributed by atoms with Gasteiger partial charge < -0.3 is 9.64 Å². The molecule has 1 saturated heterocycles. The lowest BCUT2D eigenvalue weighted by Gasteiger charge is -2.16. The van der Waals surface area contributed by atoms with Gasteiger partial charge in [0.25, 0.3) is 0 Å². The Morgan fingerprint density at radius 3 is 2.62 bits per heavy atom. The summed E-state index contributed by atoms with van der Waals surface area (Å²) >= 11 is 0. The van der Waals surface area contributed by atoms with Crippen LogP contribution in [-0.2, 0) is 14.8 Å². The van der Waals surface area contributed by atoms with Crippen LogP contribution in [0.4, 0.5) is 11.4 Å². The molecule has 0 spiro atoms. The van der Waals surface area contributed by atoms with Gasteiger partial charge in [0.1, 0.15) is 5.75 Å². The molecule has 0 saturated carbocycles. The summed E-state index contributed by atoms with van der Waals surface area (Å²) in [5.74, 6) is -0.256. The van der Waals surface area contributed by atoms with E-state index in [1.54, 1.807) is 35.2 Å². The van der Waals surface area contributed by atoms with Crippen LogP contribution in [-0.4, -0.2) is 33.1 Å². The standard InChI is InChI=1S/C18H18N2O5S/c1-26(23,24)19-14-6-2-5-13(11-14)18(22)25-16-8-3-7-15(12-16)20-10-4-9-17(20)21/h2-3,5-8,11-12,19H,4,9-10H2,1H3. The Labute approximate surface area is 151 Å². The first kappa shape index (κ1) is 17.9. The van der Waals surface area contributed by atoms with Gasteiger partial charge in [0.05, 0.1) is 11.8 Å². The smallest absolute Gasteiger partial charge is 0.343 e. The number of amides is 1. The lowest BCUT2D eigenvalue weighted by atomic mass is 10.2. The van der Waals surface area contributed by atoms with Gasteiger partial charge in [-0.15, -0.1) is 0 Å². The van der Waals surface area contributed by atoms with Crippen LogP contribution < -0.4 is 14.4 Å². The molecule has 1 amide bonds. The van der Waals surface area contributed by atoms with Crippen LogP contribution in [0.15, 0.2) is 48.5 Å². The summed E-state index contributed by atoms with van der Waals surface area (Å²) in [6, 6.07) is 12.8. The van der Waals surface area contributed by atoms with Crippen LogP contribution in [0.1, 0.15) is 23.2 Å². The molecular formula is C18H18N2O5S. The quantitative estimate of drug-likeness (QED) is 0.641. The predicted octanol–water partition coefficient (Wildman–Crippen LogP) is 2.40. The number of carbonyl (C=O) groups is 2. The van der Waals surface area contributed by atoms with Gasteiger partial charge in [0, 0.05) is 30.4 Å².